The van der Waals surface area contributed by atoms with Crippen molar-refractivity contribution in [3.63, 3.8) is 0 Å². The van der Waals surface area contributed by atoms with Gasteiger partial charge in [-0.2, -0.15) is 5.10 Å². The van der Waals surface area contributed by atoms with Crippen LogP contribution in [0.2, 0.25) is 0 Å². The first-order chi connectivity index (χ1) is 7.63. The van der Waals surface area contributed by atoms with Gasteiger partial charge in [0.25, 0.3) is 0 Å². The Morgan fingerprint density at radius 1 is 1.38 bits per heavy atom. The van der Waals surface area contributed by atoms with Gasteiger partial charge >= 0.3 is 0 Å². The molecule has 0 aliphatic carbocycles. The molecule has 0 heterocycles. The van der Waals surface area contributed by atoms with Gasteiger partial charge in [-0.05, 0) is 43.8 Å². The van der Waals surface area contributed by atoms with Gasteiger partial charge in [0, 0.05) is 11.0 Å². The molecule has 0 bridgehead atoms. The monoisotopic (exact) mass is 299 g/mol. The smallest absolute Gasteiger partial charge is 0.186 e. The van der Waals surface area contributed by atoms with E-state index in [-0.39, 0.29) is 0 Å². The third-order valence-electron chi connectivity index (χ3n) is 1.92. The van der Waals surface area contributed by atoms with E-state index in [1.54, 1.807) is 0 Å². The number of halogens is 1. The second-order valence-corrected chi connectivity index (χ2v) is 4.50. The summed E-state index contributed by atoms with van der Waals surface area (Å²) in [6, 6.07) is 7.97. The molecule has 0 aliphatic heterocycles. The minimum Gasteiger partial charge on any atom is -0.362 e. The normalized spacial score (nSPS) is 11.1. The lowest BCUT2D eigenvalue weighted by molar-refractivity contribution is 0.900. The molecule has 1 aromatic carbocycles. The van der Waals surface area contributed by atoms with Gasteiger partial charge in [0.1, 0.15) is 0 Å². The number of nitrogens with zero attached hydrogens (tertiary/aromatic N) is 1. The third kappa shape index (κ3) is 4.28. The lowest BCUT2D eigenvalue weighted by Crippen LogP contribution is -2.32. The van der Waals surface area contributed by atoms with Gasteiger partial charge in [-0.3, -0.25) is 5.43 Å². The maximum Gasteiger partial charge on any atom is 0.186 e. The van der Waals surface area contributed by atoms with Gasteiger partial charge in [-0.1, -0.05) is 28.1 Å². The summed E-state index contributed by atoms with van der Waals surface area (Å²) < 4.78 is 1.06. The molecular weight excluding hydrogens is 286 g/mol. The van der Waals surface area contributed by atoms with Gasteiger partial charge in [-0.15, -0.1) is 0 Å². The van der Waals surface area contributed by atoms with Gasteiger partial charge in [-0.25, -0.2) is 0 Å². The Hall–Kier alpha value is -0.940. The number of rotatable bonds is 3. The molecule has 16 heavy (non-hydrogen) atoms. The zero-order valence-corrected chi connectivity index (χ0v) is 11.7. The first kappa shape index (κ1) is 13.1. The standard InChI is InChI=1S/C11H14BrN3S/c1-3-13-11(16)15-14-8(2)9-4-6-10(12)7-5-9/h4-7H,3H2,1-2H3,(H2,13,15,16)/b14-8-. The van der Waals surface area contributed by atoms with E-state index < -0.39 is 0 Å². The predicted molar refractivity (Wildman–Crippen MR) is 75.8 cm³/mol. The van der Waals surface area contributed by atoms with E-state index in [2.05, 4.69) is 31.8 Å². The number of nitrogens with one attached hydrogen (secondary N) is 2. The van der Waals surface area contributed by atoms with Crippen LogP contribution in [0.4, 0.5) is 0 Å². The van der Waals surface area contributed by atoms with E-state index in [0.29, 0.717) is 5.11 Å². The minimum atomic E-state index is 0.541. The highest BCUT2D eigenvalue weighted by molar-refractivity contribution is 9.10. The van der Waals surface area contributed by atoms with Gasteiger partial charge < -0.3 is 5.32 Å². The summed E-state index contributed by atoms with van der Waals surface area (Å²) in [5, 5.41) is 7.70. The molecule has 0 unspecified atom stereocenters. The molecule has 1 rings (SSSR count). The van der Waals surface area contributed by atoms with Crippen LogP contribution in [0.25, 0.3) is 0 Å². The molecule has 0 atom stereocenters. The minimum absolute atomic E-state index is 0.541. The number of hydrogen-bond donors (Lipinski definition) is 2. The van der Waals surface area contributed by atoms with Crippen molar-refractivity contribution in [2.75, 3.05) is 6.54 Å². The largest absolute Gasteiger partial charge is 0.362 e. The average molecular weight is 300 g/mol. The molecule has 3 nitrogen and oxygen atoms in total. The molecule has 1 aromatic rings. The molecule has 2 N–H and O–H groups in total. The van der Waals surface area contributed by atoms with E-state index in [4.69, 9.17) is 12.2 Å². The Morgan fingerprint density at radius 3 is 2.56 bits per heavy atom. The summed E-state index contributed by atoms with van der Waals surface area (Å²) >= 11 is 8.40. The molecule has 0 fully saturated rings. The summed E-state index contributed by atoms with van der Waals surface area (Å²) in [5.74, 6) is 0. The highest BCUT2D eigenvalue weighted by Crippen LogP contribution is 2.10. The molecule has 5 heteroatoms. The molecular formula is C11H14BrN3S. The second kappa shape index (κ2) is 6.60. The zero-order valence-electron chi connectivity index (χ0n) is 9.25. The molecule has 0 aliphatic rings. The Labute approximate surface area is 109 Å². The topological polar surface area (TPSA) is 36.4 Å². The van der Waals surface area contributed by atoms with Gasteiger partial charge in [0.2, 0.25) is 0 Å². The summed E-state index contributed by atoms with van der Waals surface area (Å²) in [5.41, 5.74) is 4.75. The lowest BCUT2D eigenvalue weighted by atomic mass is 10.1. The van der Waals surface area contributed by atoms with Crippen molar-refractivity contribution < 1.29 is 0 Å². The number of thiocarbonyl (C=S) groups is 1. The molecule has 0 saturated heterocycles. The third-order valence-corrected chi connectivity index (χ3v) is 2.69. The fourth-order valence-electron chi connectivity index (χ4n) is 1.09. The van der Waals surface area contributed by atoms with Crippen molar-refractivity contribution in [1.29, 1.82) is 0 Å². The van der Waals surface area contributed by atoms with Crippen LogP contribution in [0, 0.1) is 0 Å². The maximum atomic E-state index is 5.01. The van der Waals surface area contributed by atoms with E-state index in [1.165, 1.54) is 0 Å². The van der Waals surface area contributed by atoms with Crippen LogP contribution < -0.4 is 10.7 Å². The highest BCUT2D eigenvalue weighted by Gasteiger charge is 1.97. The second-order valence-electron chi connectivity index (χ2n) is 3.18. The average Bonchev–Trinajstić information content (AvgIpc) is 2.27. The number of benzene rings is 1. The summed E-state index contributed by atoms with van der Waals surface area (Å²) in [6.45, 7) is 4.71. The molecule has 86 valence electrons. The molecule has 0 radical (unpaired) electrons. The SMILES string of the molecule is CCNC(=S)N/N=C(/C)c1ccc(Br)cc1. The van der Waals surface area contributed by atoms with Crippen LogP contribution in [-0.4, -0.2) is 17.4 Å². The van der Waals surface area contributed by atoms with Crippen molar-refractivity contribution in [3.8, 4) is 0 Å². The van der Waals surface area contributed by atoms with Crippen molar-refractivity contribution in [1.82, 2.24) is 10.7 Å². The Kier molecular flexibility index (Phi) is 5.42. The van der Waals surface area contributed by atoms with Crippen LogP contribution in [0.3, 0.4) is 0 Å². The van der Waals surface area contributed by atoms with E-state index in [1.807, 2.05) is 38.1 Å². The van der Waals surface area contributed by atoms with Crippen LogP contribution in [0.5, 0.6) is 0 Å². The Balaban J connectivity index is 2.63. The first-order valence-corrected chi connectivity index (χ1v) is 6.17. The van der Waals surface area contributed by atoms with E-state index >= 15 is 0 Å². The van der Waals surface area contributed by atoms with Crippen LogP contribution >= 0.6 is 28.1 Å². The number of hydrogen-bond acceptors (Lipinski definition) is 2. The quantitative estimate of drug-likeness (QED) is 0.512. The van der Waals surface area contributed by atoms with Crippen molar-refractivity contribution >= 4 is 39.0 Å². The van der Waals surface area contributed by atoms with Crippen LogP contribution in [0.15, 0.2) is 33.8 Å². The number of hydrazone groups is 1. The molecule has 0 aromatic heterocycles. The molecule has 0 spiro atoms. The van der Waals surface area contributed by atoms with Crippen molar-refractivity contribution in [3.05, 3.63) is 34.3 Å². The summed E-state index contributed by atoms with van der Waals surface area (Å²) in [4.78, 5) is 0. The lowest BCUT2D eigenvalue weighted by Gasteiger charge is -2.05. The maximum absolute atomic E-state index is 5.01. The Morgan fingerprint density at radius 2 is 2.00 bits per heavy atom. The van der Waals surface area contributed by atoms with Gasteiger partial charge in [0.05, 0.1) is 5.71 Å². The summed E-state index contributed by atoms with van der Waals surface area (Å²) in [6.07, 6.45) is 0. The Bertz CT molecular complexity index is 387. The van der Waals surface area contributed by atoms with Crippen LogP contribution in [0.1, 0.15) is 19.4 Å². The molecule has 0 amide bonds. The van der Waals surface area contributed by atoms with E-state index in [9.17, 15) is 0 Å². The van der Waals surface area contributed by atoms with Crippen molar-refractivity contribution in [2.24, 2.45) is 5.10 Å². The van der Waals surface area contributed by atoms with Gasteiger partial charge in [0.15, 0.2) is 5.11 Å². The summed E-state index contributed by atoms with van der Waals surface area (Å²) in [7, 11) is 0. The highest BCUT2D eigenvalue weighted by atomic mass is 79.9. The molecule has 0 saturated carbocycles. The van der Waals surface area contributed by atoms with E-state index in [0.717, 1.165) is 22.3 Å². The van der Waals surface area contributed by atoms with Crippen LogP contribution in [-0.2, 0) is 0 Å². The predicted octanol–water partition coefficient (Wildman–Crippen LogP) is 2.66. The first-order valence-electron chi connectivity index (χ1n) is 4.97. The zero-order chi connectivity index (χ0) is 12.0. The fraction of sp³-hybridized carbons (Fsp3) is 0.273. The van der Waals surface area contributed by atoms with Crippen molar-refractivity contribution in [2.45, 2.75) is 13.8 Å². The fourth-order valence-corrected chi connectivity index (χ4v) is 1.54.